The maximum atomic E-state index is 10.7. The van der Waals surface area contributed by atoms with Gasteiger partial charge in [-0.1, -0.05) is 0 Å². The van der Waals surface area contributed by atoms with Crippen LogP contribution in [0.1, 0.15) is 29.7 Å². The summed E-state index contributed by atoms with van der Waals surface area (Å²) in [5, 5.41) is 0. The summed E-state index contributed by atoms with van der Waals surface area (Å²) in [6.45, 7) is 3.43. The number of unbranched alkanes of at least 4 members (excludes halogenated alkanes) is 1. The zero-order valence-corrected chi connectivity index (χ0v) is 26.1. The number of alkyl halides is 6. The van der Waals surface area contributed by atoms with Crippen molar-refractivity contribution in [2.45, 2.75) is 43.2 Å². The number of ether oxygens (including phenoxy) is 3. The van der Waals surface area contributed by atoms with Gasteiger partial charge < -0.3 is 27.8 Å². The largest absolute Gasteiger partial charge is 0.741 e. The minimum atomic E-state index is -6.09. The van der Waals surface area contributed by atoms with Crippen LogP contribution in [0.3, 0.4) is 0 Å². The van der Waals surface area contributed by atoms with E-state index in [1.165, 1.54) is 42.8 Å². The van der Waals surface area contributed by atoms with Gasteiger partial charge in [-0.15, -0.1) is 0 Å². The van der Waals surface area contributed by atoms with Gasteiger partial charge in [0.25, 0.3) is 0 Å². The normalized spacial score (nSPS) is 16.8. The molecule has 0 bridgehead atoms. The molecule has 19 heteroatoms. The van der Waals surface area contributed by atoms with Crippen LogP contribution in [0.2, 0.25) is 0 Å². The molecule has 3 rings (SSSR count). The third-order valence-corrected chi connectivity index (χ3v) is 7.76. The number of benzene rings is 1. The molecule has 0 N–H and O–H groups in total. The fourth-order valence-electron chi connectivity index (χ4n) is 4.28. The van der Waals surface area contributed by atoms with E-state index in [1.807, 2.05) is 6.07 Å². The van der Waals surface area contributed by atoms with Crippen LogP contribution in [0.5, 0.6) is 17.4 Å². The van der Waals surface area contributed by atoms with Crippen LogP contribution >= 0.6 is 0 Å². The second kappa shape index (κ2) is 15.4. The monoisotopic (exact) mass is 684 g/mol. The molecule has 1 aromatic heterocycles. The van der Waals surface area contributed by atoms with Crippen LogP contribution in [0, 0.1) is 0 Å². The van der Waals surface area contributed by atoms with E-state index in [4.69, 9.17) is 40.2 Å². The Bertz CT molecular complexity index is 1430. The number of pyridine rings is 1. The lowest BCUT2D eigenvalue weighted by atomic mass is 9.96. The molecule has 0 aliphatic carbocycles. The molecule has 0 saturated heterocycles. The summed E-state index contributed by atoms with van der Waals surface area (Å²) in [4.78, 5) is 0. The average molecular weight is 685 g/mol. The molecule has 0 amide bonds. The van der Waals surface area contributed by atoms with Crippen molar-refractivity contribution < 1.29 is 75.5 Å². The first-order valence-corrected chi connectivity index (χ1v) is 15.4. The number of hydrogen-bond donors (Lipinski definition) is 0. The van der Waals surface area contributed by atoms with Crippen molar-refractivity contribution >= 4 is 20.2 Å². The molecule has 2 aromatic rings. The first-order valence-electron chi connectivity index (χ1n) is 12.6. The summed E-state index contributed by atoms with van der Waals surface area (Å²) < 4.78 is 137. The fourth-order valence-corrected chi connectivity index (χ4v) is 4.28. The number of likely N-dealkylation sites (N-methyl/N-ethyl adjacent to an activating group) is 1. The maximum Gasteiger partial charge on any atom is 0.485 e. The topological polar surface area (TPSA) is 146 Å². The predicted octanol–water partition coefficient (Wildman–Crippen LogP) is 3.17. The zero-order valence-electron chi connectivity index (χ0n) is 24.5. The summed E-state index contributed by atoms with van der Waals surface area (Å²) >= 11 is 0. The van der Waals surface area contributed by atoms with Crippen LogP contribution in [-0.2, 0) is 46.7 Å². The van der Waals surface area contributed by atoms with E-state index < -0.39 is 31.3 Å². The van der Waals surface area contributed by atoms with Crippen molar-refractivity contribution in [1.82, 2.24) is 0 Å². The molecular weight excluding hydrogens is 650 g/mol. The van der Waals surface area contributed by atoms with Crippen LogP contribution in [0.4, 0.5) is 26.3 Å². The van der Waals surface area contributed by atoms with Crippen molar-refractivity contribution in [3.63, 3.8) is 0 Å². The number of quaternary nitrogens is 1. The van der Waals surface area contributed by atoms with Crippen LogP contribution in [0.25, 0.3) is 0 Å². The molecule has 1 aromatic carbocycles. The van der Waals surface area contributed by atoms with Gasteiger partial charge >= 0.3 is 16.9 Å². The van der Waals surface area contributed by atoms with Gasteiger partial charge in [0.1, 0.15) is 13.6 Å². The number of methoxy groups -OCH3 is 3. The molecule has 44 heavy (non-hydrogen) atoms. The Balaban J connectivity index is 0.000000498. The minimum absolute atomic E-state index is 0.834. The summed E-state index contributed by atoms with van der Waals surface area (Å²) in [5.41, 5.74) is -7.18. The van der Waals surface area contributed by atoms with E-state index in [0.717, 1.165) is 41.2 Å². The molecule has 1 unspecified atom stereocenters. The molecule has 2 heterocycles. The summed E-state index contributed by atoms with van der Waals surface area (Å²) in [5.74, 6) is 2.58. The quantitative estimate of drug-likeness (QED) is 0.102. The van der Waals surface area contributed by atoms with Crippen LogP contribution < -0.4 is 18.8 Å². The van der Waals surface area contributed by atoms with Crippen LogP contribution in [0.15, 0.2) is 30.3 Å². The van der Waals surface area contributed by atoms with Crippen molar-refractivity contribution in [2.75, 3.05) is 41.5 Å². The highest BCUT2D eigenvalue weighted by Crippen LogP contribution is 2.35. The van der Waals surface area contributed by atoms with Gasteiger partial charge in [-0.05, 0) is 36.6 Å². The molecule has 0 radical (unpaired) electrons. The lowest BCUT2D eigenvalue weighted by molar-refractivity contribution is -0.924. The highest BCUT2D eigenvalue weighted by molar-refractivity contribution is 7.86. The summed E-state index contributed by atoms with van der Waals surface area (Å²) in [6.07, 6.45) is 4.58. The third-order valence-electron chi connectivity index (χ3n) is 6.62. The standard InChI is InChI=1S/C23H34N2O3.2CHF3O3S/c1-24-20(10-8-11-23(24)28-5)9-6-7-13-25(2)14-12-18-15-21(26-3)22(27-4)16-19(18)17-25;2*2-1(3,4)8(5,6)7/h8,10-11,15-16H,6-7,9,12-14,17H2,1-5H3;2*(H,5,6,7)/q+2;;/p-2. The second-order valence-electron chi connectivity index (χ2n) is 9.83. The second-order valence-corrected chi connectivity index (χ2v) is 12.6. The molecule has 1 aliphatic heterocycles. The SMILES string of the molecule is COc1cc2c(cc1OC)C[N+](C)(CCCCc1cccc(OC)[n+]1C)CC2.O=S(=O)([O-])C(F)(F)F.O=S(=O)([O-])C(F)(F)F. The zero-order chi connectivity index (χ0) is 34.1. The summed E-state index contributed by atoms with van der Waals surface area (Å²) in [6, 6.07) is 10.6. The lowest BCUT2D eigenvalue weighted by Gasteiger charge is -2.39. The molecular formula is C25H34F6N2O9S2. The fraction of sp³-hybridized carbons (Fsp3) is 0.560. The molecule has 0 saturated carbocycles. The number of rotatable bonds is 8. The highest BCUT2D eigenvalue weighted by Gasteiger charge is 2.37. The van der Waals surface area contributed by atoms with Crippen molar-refractivity contribution in [3.8, 4) is 17.4 Å². The Morgan fingerprint density at radius 1 is 0.841 bits per heavy atom. The Hall–Kier alpha value is -2.87. The Labute approximate surface area is 252 Å². The number of halogens is 6. The van der Waals surface area contributed by atoms with Crippen LogP contribution in [-0.4, -0.2) is 82.9 Å². The highest BCUT2D eigenvalue weighted by atomic mass is 32.2. The molecule has 11 nitrogen and oxygen atoms in total. The molecule has 0 spiro atoms. The third kappa shape index (κ3) is 11.6. The number of aromatic nitrogens is 1. The van der Waals surface area contributed by atoms with E-state index in [0.29, 0.717) is 0 Å². The Morgan fingerprint density at radius 3 is 1.75 bits per heavy atom. The van der Waals surface area contributed by atoms with E-state index in [9.17, 15) is 26.3 Å². The van der Waals surface area contributed by atoms with Gasteiger partial charge in [0.2, 0.25) is 0 Å². The first-order chi connectivity index (χ1) is 20.0. The lowest BCUT2D eigenvalue weighted by Crippen LogP contribution is -2.48. The molecule has 1 atom stereocenters. The van der Waals surface area contributed by atoms with E-state index in [1.54, 1.807) is 21.3 Å². The number of fused-ring (bicyclic) bond motifs is 1. The summed E-state index contributed by atoms with van der Waals surface area (Å²) in [7, 11) is -2.59. The Kier molecular flexibility index (Phi) is 13.7. The van der Waals surface area contributed by atoms with Crippen molar-refractivity contribution in [3.05, 3.63) is 47.2 Å². The minimum Gasteiger partial charge on any atom is -0.741 e. The van der Waals surface area contributed by atoms with Gasteiger partial charge in [-0.3, -0.25) is 0 Å². The van der Waals surface area contributed by atoms with E-state index in [2.05, 4.69) is 42.9 Å². The van der Waals surface area contributed by atoms with Gasteiger partial charge in [-0.2, -0.15) is 30.9 Å². The smallest absolute Gasteiger partial charge is 0.485 e. The maximum absolute atomic E-state index is 10.7. The van der Waals surface area contributed by atoms with Gasteiger partial charge in [0.05, 0.1) is 47.5 Å². The Morgan fingerprint density at radius 2 is 1.32 bits per heavy atom. The van der Waals surface area contributed by atoms with Crippen molar-refractivity contribution in [2.24, 2.45) is 7.05 Å². The number of aryl methyl sites for hydroxylation is 1. The number of hydrogen-bond acceptors (Lipinski definition) is 9. The van der Waals surface area contributed by atoms with Gasteiger partial charge in [0, 0.05) is 24.5 Å². The molecule has 252 valence electrons. The average Bonchev–Trinajstić information content (AvgIpc) is 2.89. The van der Waals surface area contributed by atoms with Crippen molar-refractivity contribution in [1.29, 1.82) is 0 Å². The van der Waals surface area contributed by atoms with E-state index in [-0.39, 0.29) is 0 Å². The van der Waals surface area contributed by atoms with Gasteiger partial charge in [0.15, 0.2) is 37.4 Å². The molecule has 1 aliphatic rings. The number of nitrogens with zero attached hydrogens (tertiary/aromatic N) is 2. The van der Waals surface area contributed by atoms with Gasteiger partial charge in [-0.25, -0.2) is 16.8 Å². The predicted molar refractivity (Wildman–Crippen MR) is 141 cm³/mol. The molecule has 0 fully saturated rings. The first kappa shape index (κ1) is 39.2. The van der Waals surface area contributed by atoms with E-state index >= 15 is 0 Å².